The minimum atomic E-state index is 0. The Hall–Kier alpha value is -2.22. The predicted molar refractivity (Wildman–Crippen MR) is 83.7 cm³/mol. The van der Waals surface area contributed by atoms with Gasteiger partial charge in [-0.15, -0.1) is 35.9 Å². The van der Waals surface area contributed by atoms with E-state index in [1.165, 1.54) is 0 Å². The monoisotopic (exact) mass is 463 g/mol. The van der Waals surface area contributed by atoms with Crippen molar-refractivity contribution < 1.29 is 24.5 Å². The molecule has 2 nitrogen and oxygen atoms in total. The molecule has 0 unspecified atom stereocenters. The van der Waals surface area contributed by atoms with Gasteiger partial charge in [0, 0.05) is 31.1 Å². The zero-order valence-electron chi connectivity index (χ0n) is 11.6. The number of pyridine rings is 1. The fourth-order valence-electron chi connectivity index (χ4n) is 2.39. The topological polar surface area (TPSA) is 26.0 Å². The van der Waals surface area contributed by atoms with Gasteiger partial charge in [0.15, 0.2) is 5.58 Å². The molecule has 0 saturated carbocycles. The van der Waals surface area contributed by atoms with Gasteiger partial charge in [0.1, 0.15) is 5.76 Å². The van der Waals surface area contributed by atoms with E-state index in [1.54, 1.807) is 6.20 Å². The predicted octanol–water partition coefficient (Wildman–Crippen LogP) is 4.96. The summed E-state index contributed by atoms with van der Waals surface area (Å²) in [6.45, 7) is 0. The van der Waals surface area contributed by atoms with E-state index in [2.05, 4.69) is 17.1 Å². The fourth-order valence-corrected chi connectivity index (χ4v) is 2.39. The summed E-state index contributed by atoms with van der Waals surface area (Å²) in [6, 6.07) is 25.2. The Kier molecular flexibility index (Phi) is 4.19. The van der Waals surface area contributed by atoms with Crippen molar-refractivity contribution in [2.75, 3.05) is 0 Å². The standard InChI is InChI=1S/C19H12NO.Ir/c1-3-7-14(8-4-1)17-11-16-12-18(21-19(16)13-20-17)15-9-5-2-6-10-15;/h1-7,9-13H;/q-1;. The van der Waals surface area contributed by atoms with Gasteiger partial charge < -0.3 is 9.40 Å². The van der Waals surface area contributed by atoms with Crippen LogP contribution < -0.4 is 0 Å². The van der Waals surface area contributed by atoms with Crippen LogP contribution >= 0.6 is 0 Å². The molecule has 0 aliphatic heterocycles. The first-order chi connectivity index (χ1) is 10.4. The second kappa shape index (κ2) is 6.27. The molecule has 0 fully saturated rings. The molecular formula is C19H12IrNO-. The Morgan fingerprint density at radius 1 is 0.909 bits per heavy atom. The van der Waals surface area contributed by atoms with Crippen molar-refractivity contribution in [3.05, 3.63) is 79.0 Å². The molecule has 4 aromatic rings. The van der Waals surface area contributed by atoms with Crippen LogP contribution in [-0.2, 0) is 20.1 Å². The van der Waals surface area contributed by atoms with Gasteiger partial charge in [-0.3, -0.25) is 0 Å². The number of hydrogen-bond acceptors (Lipinski definition) is 2. The average molecular weight is 463 g/mol. The number of furan rings is 1. The molecule has 0 spiro atoms. The van der Waals surface area contributed by atoms with Gasteiger partial charge in [-0.2, -0.15) is 0 Å². The van der Waals surface area contributed by atoms with Gasteiger partial charge >= 0.3 is 0 Å². The van der Waals surface area contributed by atoms with Crippen LogP contribution in [-0.4, -0.2) is 4.98 Å². The Morgan fingerprint density at radius 2 is 1.73 bits per heavy atom. The molecule has 2 heterocycles. The van der Waals surface area contributed by atoms with E-state index >= 15 is 0 Å². The van der Waals surface area contributed by atoms with E-state index < -0.39 is 0 Å². The summed E-state index contributed by atoms with van der Waals surface area (Å²) in [5.74, 6) is 0.863. The van der Waals surface area contributed by atoms with Gasteiger partial charge in [0.2, 0.25) is 0 Å². The van der Waals surface area contributed by atoms with E-state index in [-0.39, 0.29) is 20.1 Å². The Balaban J connectivity index is 0.00000144. The number of aromatic nitrogens is 1. The van der Waals surface area contributed by atoms with Crippen molar-refractivity contribution >= 4 is 11.0 Å². The number of fused-ring (bicyclic) bond motifs is 1. The maximum atomic E-state index is 5.87. The molecule has 0 amide bonds. The molecule has 4 rings (SSSR count). The number of nitrogens with zero attached hydrogens (tertiary/aromatic N) is 1. The molecule has 3 heteroatoms. The van der Waals surface area contributed by atoms with Crippen molar-refractivity contribution in [3.8, 4) is 22.6 Å². The first kappa shape index (κ1) is 14.7. The molecule has 2 aromatic carbocycles. The summed E-state index contributed by atoms with van der Waals surface area (Å²) in [5.41, 5.74) is 3.76. The normalized spacial score (nSPS) is 10.4. The molecule has 2 aromatic heterocycles. The van der Waals surface area contributed by atoms with Gasteiger partial charge in [-0.1, -0.05) is 36.4 Å². The molecule has 0 bridgehead atoms. The van der Waals surface area contributed by atoms with Crippen molar-refractivity contribution in [3.63, 3.8) is 0 Å². The SMILES string of the molecule is [Ir].[c-]1ccccc1-c1cc2cc(-c3ccccc3)oc2cn1. The minimum Gasteiger partial charge on any atom is -0.455 e. The molecular weight excluding hydrogens is 450 g/mol. The van der Waals surface area contributed by atoms with Crippen molar-refractivity contribution in [1.82, 2.24) is 4.98 Å². The molecule has 0 aliphatic rings. The molecule has 22 heavy (non-hydrogen) atoms. The van der Waals surface area contributed by atoms with Crippen LogP contribution in [0.5, 0.6) is 0 Å². The molecule has 1 radical (unpaired) electrons. The van der Waals surface area contributed by atoms with Crippen LogP contribution in [0, 0.1) is 6.07 Å². The van der Waals surface area contributed by atoms with Crippen molar-refractivity contribution in [1.29, 1.82) is 0 Å². The summed E-state index contributed by atoms with van der Waals surface area (Å²) < 4.78 is 5.87. The molecule has 0 saturated heterocycles. The van der Waals surface area contributed by atoms with E-state index in [0.29, 0.717) is 0 Å². The Labute approximate surface area is 142 Å². The van der Waals surface area contributed by atoms with Crippen LogP contribution in [0.4, 0.5) is 0 Å². The maximum Gasteiger partial charge on any atom is 0.151 e. The third-order valence-corrected chi connectivity index (χ3v) is 3.45. The van der Waals surface area contributed by atoms with Crippen molar-refractivity contribution in [2.24, 2.45) is 0 Å². The summed E-state index contributed by atoms with van der Waals surface area (Å²) in [4.78, 5) is 4.46. The van der Waals surface area contributed by atoms with Crippen LogP contribution in [0.15, 0.2) is 77.3 Å². The summed E-state index contributed by atoms with van der Waals surface area (Å²) in [6.07, 6.45) is 1.78. The van der Waals surface area contributed by atoms with Gasteiger partial charge in [-0.25, -0.2) is 0 Å². The number of rotatable bonds is 2. The molecule has 0 aliphatic carbocycles. The number of hydrogen-bond donors (Lipinski definition) is 0. The Bertz CT molecular complexity index is 848. The first-order valence-electron chi connectivity index (χ1n) is 6.82. The summed E-state index contributed by atoms with van der Waals surface area (Å²) >= 11 is 0. The largest absolute Gasteiger partial charge is 0.455 e. The van der Waals surface area contributed by atoms with Crippen LogP contribution in [0.2, 0.25) is 0 Å². The Morgan fingerprint density at radius 3 is 2.50 bits per heavy atom. The third-order valence-electron chi connectivity index (χ3n) is 3.45. The van der Waals surface area contributed by atoms with E-state index in [1.807, 2.05) is 60.7 Å². The second-order valence-electron chi connectivity index (χ2n) is 4.86. The van der Waals surface area contributed by atoms with E-state index in [4.69, 9.17) is 4.42 Å². The first-order valence-corrected chi connectivity index (χ1v) is 6.82. The molecule has 0 N–H and O–H groups in total. The van der Waals surface area contributed by atoms with Gasteiger partial charge in [0.05, 0.1) is 6.20 Å². The van der Waals surface area contributed by atoms with Crippen LogP contribution in [0.1, 0.15) is 0 Å². The average Bonchev–Trinajstić information content (AvgIpc) is 2.99. The van der Waals surface area contributed by atoms with E-state index in [9.17, 15) is 0 Å². The number of benzene rings is 2. The molecule has 109 valence electrons. The molecule has 0 atom stereocenters. The minimum absolute atomic E-state index is 0. The summed E-state index contributed by atoms with van der Waals surface area (Å²) in [5, 5.41) is 1.05. The maximum absolute atomic E-state index is 5.87. The van der Waals surface area contributed by atoms with Crippen LogP contribution in [0.25, 0.3) is 33.6 Å². The van der Waals surface area contributed by atoms with Gasteiger partial charge in [0.25, 0.3) is 0 Å². The van der Waals surface area contributed by atoms with E-state index in [0.717, 1.165) is 33.6 Å². The second-order valence-corrected chi connectivity index (χ2v) is 4.86. The smallest absolute Gasteiger partial charge is 0.151 e. The van der Waals surface area contributed by atoms with Gasteiger partial charge in [-0.05, 0) is 11.8 Å². The summed E-state index contributed by atoms with van der Waals surface area (Å²) in [7, 11) is 0. The third kappa shape index (κ3) is 2.74. The quantitative estimate of drug-likeness (QED) is 0.394. The fraction of sp³-hybridized carbons (Fsp3) is 0. The van der Waals surface area contributed by atoms with Crippen molar-refractivity contribution in [2.45, 2.75) is 0 Å². The zero-order valence-corrected chi connectivity index (χ0v) is 14.0. The zero-order chi connectivity index (χ0) is 14.1. The van der Waals surface area contributed by atoms with Crippen LogP contribution in [0.3, 0.4) is 0 Å².